The number of amides is 3. The highest BCUT2D eigenvalue weighted by Crippen LogP contribution is 2.55. The predicted octanol–water partition coefficient (Wildman–Crippen LogP) is 4.00. The topological polar surface area (TPSA) is 91.0 Å². The van der Waals surface area contributed by atoms with E-state index in [1.54, 1.807) is 29.2 Å². The molecular weight excluding hydrogens is 516 g/mol. The molecule has 1 saturated carbocycles. The average molecular weight is 557 g/mol. The molecule has 3 amide bonds. The third-order valence-electron chi connectivity index (χ3n) is 8.80. The maximum atomic E-state index is 14.1. The Bertz CT molecular complexity index is 1110. The molecule has 9 heteroatoms. The van der Waals surface area contributed by atoms with E-state index in [0.29, 0.717) is 17.3 Å². The molecule has 5 atom stereocenters. The van der Waals surface area contributed by atoms with E-state index in [4.69, 9.17) is 16.3 Å². The van der Waals surface area contributed by atoms with Crippen LogP contribution in [0.25, 0.3) is 0 Å². The number of likely N-dealkylation sites (tertiary alicyclic amines) is 1. The molecule has 1 spiro atoms. The Morgan fingerprint density at radius 2 is 1.92 bits per heavy atom. The third-order valence-corrected chi connectivity index (χ3v) is 9.04. The first-order valence-corrected chi connectivity index (χ1v) is 14.9. The molecule has 212 valence electrons. The third kappa shape index (κ3) is 5.61. The van der Waals surface area contributed by atoms with Crippen LogP contribution in [0.4, 0.5) is 5.69 Å². The van der Waals surface area contributed by atoms with E-state index in [9.17, 15) is 14.4 Å². The number of unbranched alkanes of at least 4 members (excludes halogenated alkanes) is 1. The molecule has 1 aromatic carbocycles. The lowest BCUT2D eigenvalue weighted by Gasteiger charge is -2.34. The molecule has 0 radical (unpaired) electrons. The smallest absolute Gasteiger partial charge is 0.246 e. The summed E-state index contributed by atoms with van der Waals surface area (Å²) >= 11 is 6.12. The second-order valence-electron chi connectivity index (χ2n) is 11.6. The first-order chi connectivity index (χ1) is 18.8. The highest BCUT2D eigenvalue weighted by Gasteiger charge is 2.72. The van der Waals surface area contributed by atoms with Crippen molar-refractivity contribution in [3.63, 3.8) is 0 Å². The van der Waals surface area contributed by atoms with Crippen molar-refractivity contribution in [3.05, 3.63) is 41.4 Å². The second-order valence-corrected chi connectivity index (χ2v) is 12.0. The maximum Gasteiger partial charge on any atom is 0.246 e. The van der Waals surface area contributed by atoms with Crippen molar-refractivity contribution >= 4 is 35.0 Å². The van der Waals surface area contributed by atoms with Crippen molar-refractivity contribution in [2.45, 2.75) is 82.1 Å². The summed E-state index contributed by atoms with van der Waals surface area (Å²) in [5.74, 6) is -2.10. The lowest BCUT2D eigenvalue weighted by atomic mass is 9.74. The number of carbonyl (C=O) groups is 3. The Hall–Kier alpha value is -2.42. The van der Waals surface area contributed by atoms with E-state index in [-0.39, 0.29) is 23.8 Å². The van der Waals surface area contributed by atoms with Gasteiger partial charge >= 0.3 is 0 Å². The highest BCUT2D eigenvalue weighted by atomic mass is 35.5. The summed E-state index contributed by atoms with van der Waals surface area (Å²) < 4.78 is 6.45. The number of nitrogens with one attached hydrogen (secondary N) is 2. The van der Waals surface area contributed by atoms with Gasteiger partial charge in [0.05, 0.1) is 17.9 Å². The van der Waals surface area contributed by atoms with E-state index in [1.165, 1.54) is 6.42 Å². The van der Waals surface area contributed by atoms with Crippen LogP contribution in [0, 0.1) is 11.8 Å². The Morgan fingerprint density at radius 1 is 1.15 bits per heavy atom. The Morgan fingerprint density at radius 3 is 2.67 bits per heavy atom. The summed E-state index contributed by atoms with van der Waals surface area (Å²) in [6, 6.07) is 6.27. The van der Waals surface area contributed by atoms with Crippen LogP contribution in [-0.4, -0.2) is 78.0 Å². The average Bonchev–Trinajstić information content (AvgIpc) is 3.55. The van der Waals surface area contributed by atoms with Gasteiger partial charge in [-0.25, -0.2) is 0 Å². The fourth-order valence-corrected chi connectivity index (χ4v) is 7.07. The van der Waals surface area contributed by atoms with E-state index in [2.05, 4.69) is 29.5 Å². The molecule has 2 saturated heterocycles. The van der Waals surface area contributed by atoms with Gasteiger partial charge < -0.3 is 25.2 Å². The molecule has 3 heterocycles. The lowest BCUT2D eigenvalue weighted by Crippen LogP contribution is -2.56. The first kappa shape index (κ1) is 28.1. The van der Waals surface area contributed by atoms with Crippen LogP contribution in [0.15, 0.2) is 36.4 Å². The molecule has 2 bridgehead atoms. The minimum Gasteiger partial charge on any atom is -0.359 e. The van der Waals surface area contributed by atoms with Crippen molar-refractivity contribution < 1.29 is 19.1 Å². The zero-order valence-electron chi connectivity index (χ0n) is 23.0. The fraction of sp³-hybridized carbons (Fsp3) is 0.633. The van der Waals surface area contributed by atoms with Crippen LogP contribution in [0.3, 0.4) is 0 Å². The lowest BCUT2D eigenvalue weighted by molar-refractivity contribution is -0.141. The number of ether oxygens (including phenoxy) is 1. The predicted molar refractivity (Wildman–Crippen MR) is 151 cm³/mol. The van der Waals surface area contributed by atoms with Gasteiger partial charge in [-0.1, -0.05) is 62.4 Å². The normalized spacial score (nSPS) is 29.7. The van der Waals surface area contributed by atoms with Gasteiger partial charge in [0.2, 0.25) is 17.7 Å². The minimum atomic E-state index is -1.13. The van der Waals surface area contributed by atoms with Gasteiger partial charge in [0, 0.05) is 23.3 Å². The van der Waals surface area contributed by atoms with Crippen LogP contribution < -0.4 is 10.6 Å². The monoisotopic (exact) mass is 556 g/mol. The second kappa shape index (κ2) is 12.0. The van der Waals surface area contributed by atoms with Crippen molar-refractivity contribution in [2.75, 3.05) is 32.0 Å². The molecule has 0 aromatic heterocycles. The summed E-state index contributed by atoms with van der Waals surface area (Å²) in [5, 5.41) is 6.69. The van der Waals surface area contributed by atoms with E-state index >= 15 is 0 Å². The van der Waals surface area contributed by atoms with Crippen molar-refractivity contribution in [2.24, 2.45) is 11.8 Å². The Balaban J connectivity index is 1.37. The maximum absolute atomic E-state index is 14.1. The number of fused-ring (bicyclic) bond motifs is 1. The van der Waals surface area contributed by atoms with Crippen LogP contribution in [0.2, 0.25) is 5.02 Å². The first-order valence-electron chi connectivity index (χ1n) is 14.6. The molecular formula is C30H41ClN4O4. The summed E-state index contributed by atoms with van der Waals surface area (Å²) in [7, 11) is 2.09. The Labute approximate surface area is 236 Å². The van der Waals surface area contributed by atoms with Gasteiger partial charge in [-0.05, 0) is 64.0 Å². The Kier molecular flexibility index (Phi) is 8.64. The molecule has 3 fully saturated rings. The SMILES string of the molecule is CCCCN(C)CCCN1C(=O)[C@H]2C(C(=O)Nc3cccc(Cl)c3)[C@H]3C=CC2(O3)C1C(=O)NC1CCCCC1. The standard InChI is InChI=1S/C30H41ClN4O4/c1-3-4-16-34(2)17-9-18-35-26(28(37)32-21-11-6-5-7-12-21)30-15-14-23(39-30)24(25(30)29(35)38)27(36)33-22-13-8-10-20(31)19-22/h8,10,13-15,19,21,23-26H,3-7,9,11-12,16-18H2,1-2H3,(H,32,37)(H,33,36)/t23-,24?,25-,26?,30?/m1/s1. The molecule has 2 N–H and O–H groups in total. The minimum absolute atomic E-state index is 0.114. The zero-order chi connectivity index (χ0) is 27.6. The summed E-state index contributed by atoms with van der Waals surface area (Å²) in [4.78, 5) is 45.5. The van der Waals surface area contributed by atoms with E-state index in [0.717, 1.165) is 58.0 Å². The van der Waals surface area contributed by atoms with Gasteiger partial charge in [0.25, 0.3) is 0 Å². The molecule has 4 aliphatic rings. The van der Waals surface area contributed by atoms with Gasteiger partial charge in [-0.3, -0.25) is 14.4 Å². The molecule has 8 nitrogen and oxygen atoms in total. The van der Waals surface area contributed by atoms with Gasteiger partial charge in [0.1, 0.15) is 11.6 Å². The number of nitrogens with zero attached hydrogens (tertiary/aromatic N) is 2. The van der Waals surface area contributed by atoms with Gasteiger partial charge in [-0.15, -0.1) is 0 Å². The number of rotatable bonds is 11. The molecule has 1 aromatic rings. The number of benzene rings is 1. The van der Waals surface area contributed by atoms with Gasteiger partial charge in [0.15, 0.2) is 0 Å². The molecule has 3 unspecified atom stereocenters. The van der Waals surface area contributed by atoms with Gasteiger partial charge in [-0.2, -0.15) is 0 Å². The van der Waals surface area contributed by atoms with Crippen LogP contribution in [0.5, 0.6) is 0 Å². The van der Waals surface area contributed by atoms with Crippen molar-refractivity contribution in [1.82, 2.24) is 15.1 Å². The molecule has 5 rings (SSSR count). The number of hydrogen-bond donors (Lipinski definition) is 2. The summed E-state index contributed by atoms with van der Waals surface area (Å²) in [6.45, 7) is 4.45. The fourth-order valence-electron chi connectivity index (χ4n) is 6.88. The highest BCUT2D eigenvalue weighted by molar-refractivity contribution is 6.30. The number of anilines is 1. The number of hydrogen-bond acceptors (Lipinski definition) is 5. The number of halogens is 1. The largest absolute Gasteiger partial charge is 0.359 e. The zero-order valence-corrected chi connectivity index (χ0v) is 23.8. The quantitative estimate of drug-likeness (QED) is 0.402. The van der Waals surface area contributed by atoms with Crippen LogP contribution in [0.1, 0.15) is 58.3 Å². The van der Waals surface area contributed by atoms with Crippen LogP contribution in [-0.2, 0) is 19.1 Å². The summed E-state index contributed by atoms with van der Waals surface area (Å²) in [5.41, 5.74) is -0.567. The molecule has 1 aliphatic carbocycles. The summed E-state index contributed by atoms with van der Waals surface area (Å²) in [6.07, 6.45) is 11.5. The number of carbonyl (C=O) groups excluding carboxylic acids is 3. The molecule has 3 aliphatic heterocycles. The van der Waals surface area contributed by atoms with E-state index < -0.39 is 29.6 Å². The molecule has 39 heavy (non-hydrogen) atoms. The van der Waals surface area contributed by atoms with E-state index in [1.807, 2.05) is 12.2 Å². The van der Waals surface area contributed by atoms with Crippen molar-refractivity contribution in [3.8, 4) is 0 Å². The van der Waals surface area contributed by atoms with Crippen molar-refractivity contribution in [1.29, 1.82) is 0 Å². The van der Waals surface area contributed by atoms with Crippen LogP contribution >= 0.6 is 11.6 Å².